The van der Waals surface area contributed by atoms with Gasteiger partial charge in [-0.15, -0.1) is 0 Å². The first-order valence-electron chi connectivity index (χ1n) is 18.2. The highest BCUT2D eigenvalue weighted by Gasteiger charge is 2.32. The lowest BCUT2D eigenvalue weighted by Gasteiger charge is -2.25. The SMILES string of the molecule is CC(C)C[C@H](NC(=O)[C@H](C)NC(=O)[C@H](CO)NC(=O)[C@H](CC(C)C)NC(=O)CNC(=O)[C@H](Cc1ccccc1)NC(=O)[C@H](CO)NC(=O)[C@@H](N)CC(=O)O)C(=O)O. The number of aliphatic hydroxyl groups excluding tert-OH is 2. The highest BCUT2D eigenvalue weighted by atomic mass is 16.4. The molecule has 318 valence electrons. The minimum atomic E-state index is -1.62. The number of carbonyl (C=O) groups is 9. The molecule has 13 N–H and O–H groups in total. The van der Waals surface area contributed by atoms with E-state index in [1.807, 2.05) is 0 Å². The number of benzene rings is 1. The Morgan fingerprint density at radius 2 is 1.05 bits per heavy atom. The maximum Gasteiger partial charge on any atom is 0.326 e. The van der Waals surface area contributed by atoms with E-state index in [0.717, 1.165) is 0 Å². The summed E-state index contributed by atoms with van der Waals surface area (Å²) in [6.45, 7) is 5.78. The zero-order valence-corrected chi connectivity index (χ0v) is 32.6. The summed E-state index contributed by atoms with van der Waals surface area (Å²) in [7, 11) is 0. The van der Waals surface area contributed by atoms with Crippen LogP contribution in [-0.2, 0) is 49.6 Å². The summed E-state index contributed by atoms with van der Waals surface area (Å²) in [6, 6.07) is -1.45. The van der Waals surface area contributed by atoms with E-state index in [0.29, 0.717) is 5.56 Å². The molecule has 0 saturated heterocycles. The molecule has 1 rings (SSSR count). The third-order valence-electron chi connectivity index (χ3n) is 8.13. The Morgan fingerprint density at radius 3 is 1.56 bits per heavy atom. The molecule has 7 amide bonds. The molecular formula is C36H56N8O13. The molecule has 0 bridgehead atoms. The fourth-order valence-corrected chi connectivity index (χ4v) is 5.16. The molecule has 0 radical (unpaired) electrons. The Morgan fingerprint density at radius 1 is 0.579 bits per heavy atom. The van der Waals surface area contributed by atoms with Crippen molar-refractivity contribution in [1.29, 1.82) is 0 Å². The quantitative estimate of drug-likeness (QED) is 0.0452. The summed E-state index contributed by atoms with van der Waals surface area (Å²) in [5.41, 5.74) is 6.11. The molecule has 1 aromatic rings. The van der Waals surface area contributed by atoms with Crippen molar-refractivity contribution in [3.8, 4) is 0 Å². The van der Waals surface area contributed by atoms with Gasteiger partial charge in [0.05, 0.1) is 32.2 Å². The average molecular weight is 809 g/mol. The number of hydrogen-bond acceptors (Lipinski definition) is 12. The van der Waals surface area contributed by atoms with Gasteiger partial charge < -0.3 is 63.4 Å². The lowest BCUT2D eigenvalue weighted by atomic mass is 10.0. The second-order valence-electron chi connectivity index (χ2n) is 14.2. The molecule has 0 aliphatic carbocycles. The minimum Gasteiger partial charge on any atom is -0.481 e. The number of nitrogens with one attached hydrogen (secondary N) is 7. The highest BCUT2D eigenvalue weighted by Crippen LogP contribution is 2.08. The number of amides is 7. The number of rotatable bonds is 25. The molecular weight excluding hydrogens is 752 g/mol. The number of hydrogen-bond donors (Lipinski definition) is 12. The first-order chi connectivity index (χ1) is 26.7. The first kappa shape index (κ1) is 49.3. The van der Waals surface area contributed by atoms with Crippen molar-refractivity contribution in [2.45, 2.75) is 103 Å². The standard InChI is InChI=1S/C36H56N8O13/c1-18(2)11-23(33(53)44-26(16-45)34(54)39-20(5)30(50)42-25(36(56)57)12-19(3)4)40-28(47)15-38-32(52)24(13-21-9-7-6-8-10-21)41-35(55)27(17-46)43-31(51)22(37)14-29(48)49/h6-10,18-20,22-27,45-46H,11-17,37H2,1-5H3,(H,38,52)(H,39,54)(H,40,47)(H,41,55)(H,42,50)(H,43,51)(H,44,53)(H,48,49)(H,56,57)/t20-,22-,23-,24-,25-,26-,27-/m0/s1. The van der Waals surface area contributed by atoms with Gasteiger partial charge in [0.25, 0.3) is 0 Å². The average Bonchev–Trinajstić information content (AvgIpc) is 3.13. The molecule has 21 heteroatoms. The van der Waals surface area contributed by atoms with E-state index in [1.165, 1.54) is 6.92 Å². The molecule has 0 aromatic heterocycles. The zero-order chi connectivity index (χ0) is 43.4. The third-order valence-corrected chi connectivity index (χ3v) is 8.13. The second kappa shape index (κ2) is 24.8. The van der Waals surface area contributed by atoms with Crippen LogP contribution in [0.4, 0.5) is 0 Å². The summed E-state index contributed by atoms with van der Waals surface area (Å²) in [5.74, 6) is -9.31. The predicted molar refractivity (Wildman–Crippen MR) is 201 cm³/mol. The van der Waals surface area contributed by atoms with Crippen molar-refractivity contribution < 1.29 is 63.6 Å². The van der Waals surface area contributed by atoms with E-state index >= 15 is 0 Å². The highest BCUT2D eigenvalue weighted by molar-refractivity contribution is 5.97. The van der Waals surface area contributed by atoms with Crippen molar-refractivity contribution in [2.75, 3.05) is 19.8 Å². The van der Waals surface area contributed by atoms with Gasteiger partial charge in [-0.1, -0.05) is 58.0 Å². The van der Waals surface area contributed by atoms with Crippen LogP contribution in [-0.4, -0.2) is 136 Å². The van der Waals surface area contributed by atoms with E-state index in [2.05, 4.69) is 37.2 Å². The third kappa shape index (κ3) is 18.7. The van der Waals surface area contributed by atoms with Crippen LogP contribution in [0.3, 0.4) is 0 Å². The van der Waals surface area contributed by atoms with Crippen LogP contribution in [0, 0.1) is 11.8 Å². The van der Waals surface area contributed by atoms with E-state index in [-0.39, 0.29) is 31.1 Å². The van der Waals surface area contributed by atoms with Gasteiger partial charge in [-0.25, -0.2) is 4.79 Å². The van der Waals surface area contributed by atoms with Gasteiger partial charge >= 0.3 is 11.9 Å². The Hall–Kier alpha value is -5.67. The molecule has 0 saturated carbocycles. The summed E-state index contributed by atoms with van der Waals surface area (Å²) in [4.78, 5) is 113. The fourth-order valence-electron chi connectivity index (χ4n) is 5.16. The molecule has 0 fully saturated rings. The van der Waals surface area contributed by atoms with E-state index < -0.39 is 122 Å². The van der Waals surface area contributed by atoms with E-state index in [4.69, 9.17) is 10.8 Å². The van der Waals surface area contributed by atoms with Crippen molar-refractivity contribution in [3.63, 3.8) is 0 Å². The van der Waals surface area contributed by atoms with Crippen molar-refractivity contribution >= 4 is 53.3 Å². The fraction of sp³-hybridized carbons (Fsp3) is 0.583. The number of aliphatic carboxylic acids is 2. The van der Waals surface area contributed by atoms with Crippen molar-refractivity contribution in [3.05, 3.63) is 35.9 Å². The molecule has 57 heavy (non-hydrogen) atoms. The number of nitrogens with two attached hydrogens (primary N) is 1. The molecule has 1 aromatic carbocycles. The maximum absolute atomic E-state index is 13.3. The summed E-state index contributed by atoms with van der Waals surface area (Å²) in [5, 5.41) is 54.3. The summed E-state index contributed by atoms with van der Waals surface area (Å²) in [6.07, 6.45) is -0.672. The Kier molecular flexibility index (Phi) is 21.4. The number of carboxylic acid groups (broad SMARTS) is 2. The van der Waals surface area contributed by atoms with Gasteiger partial charge in [0.15, 0.2) is 0 Å². The predicted octanol–water partition coefficient (Wildman–Crippen LogP) is -3.76. The summed E-state index contributed by atoms with van der Waals surface area (Å²) < 4.78 is 0. The van der Waals surface area contributed by atoms with Gasteiger partial charge in [-0.3, -0.25) is 38.4 Å². The van der Waals surface area contributed by atoms with Crippen LogP contribution in [0.1, 0.15) is 59.4 Å². The lowest BCUT2D eigenvalue weighted by molar-refractivity contribution is -0.142. The minimum absolute atomic E-state index is 0.0492. The topological polar surface area (TPSA) is 345 Å². The van der Waals surface area contributed by atoms with Gasteiger partial charge in [0.1, 0.15) is 36.3 Å². The molecule has 7 atom stereocenters. The molecule has 0 aliphatic rings. The van der Waals surface area contributed by atoms with Crippen molar-refractivity contribution in [2.24, 2.45) is 17.6 Å². The van der Waals surface area contributed by atoms with E-state index in [9.17, 15) is 58.5 Å². The largest absolute Gasteiger partial charge is 0.481 e. The maximum atomic E-state index is 13.3. The first-order valence-corrected chi connectivity index (χ1v) is 18.2. The smallest absolute Gasteiger partial charge is 0.326 e. The number of carbonyl (C=O) groups excluding carboxylic acids is 7. The van der Waals surface area contributed by atoms with Gasteiger partial charge in [0.2, 0.25) is 41.4 Å². The Balaban J connectivity index is 3.00. The molecule has 0 aliphatic heterocycles. The molecule has 0 heterocycles. The number of carboxylic acids is 2. The van der Waals surface area contributed by atoms with Crippen LogP contribution in [0.5, 0.6) is 0 Å². The van der Waals surface area contributed by atoms with Crippen LogP contribution >= 0.6 is 0 Å². The van der Waals surface area contributed by atoms with Crippen LogP contribution in [0.25, 0.3) is 0 Å². The van der Waals surface area contributed by atoms with Gasteiger partial charge in [-0.2, -0.15) is 0 Å². The van der Waals surface area contributed by atoms with Crippen LogP contribution < -0.4 is 43.0 Å². The van der Waals surface area contributed by atoms with Crippen LogP contribution in [0.2, 0.25) is 0 Å². The van der Waals surface area contributed by atoms with Crippen LogP contribution in [0.15, 0.2) is 30.3 Å². The Bertz CT molecular complexity index is 1560. The zero-order valence-electron chi connectivity index (χ0n) is 32.6. The molecule has 0 unspecified atom stereocenters. The Labute approximate surface area is 329 Å². The molecule has 21 nitrogen and oxygen atoms in total. The summed E-state index contributed by atoms with van der Waals surface area (Å²) >= 11 is 0. The van der Waals surface area contributed by atoms with Gasteiger partial charge in [-0.05, 0) is 37.2 Å². The monoisotopic (exact) mass is 808 g/mol. The number of aliphatic hydroxyl groups is 2. The lowest BCUT2D eigenvalue weighted by Crippen LogP contribution is -2.59. The normalized spacial score (nSPS) is 14.7. The second-order valence-corrected chi connectivity index (χ2v) is 14.2. The molecule has 0 spiro atoms. The van der Waals surface area contributed by atoms with E-state index in [1.54, 1.807) is 58.0 Å². The van der Waals surface area contributed by atoms with Crippen molar-refractivity contribution in [1.82, 2.24) is 37.2 Å². The van der Waals surface area contributed by atoms with Gasteiger partial charge in [0, 0.05) is 6.42 Å².